The molecule has 3 heterocycles. The number of pyridine rings is 2. The lowest BCUT2D eigenvalue weighted by atomic mass is 9.90. The summed E-state index contributed by atoms with van der Waals surface area (Å²) in [6.45, 7) is 5.24. The molecule has 3 N–H and O–H groups in total. The maximum atomic E-state index is 14.8. The van der Waals surface area contributed by atoms with E-state index in [0.29, 0.717) is 52.7 Å². The van der Waals surface area contributed by atoms with Gasteiger partial charge in [-0.15, -0.1) is 0 Å². The van der Waals surface area contributed by atoms with Crippen molar-refractivity contribution < 1.29 is 13.9 Å². The van der Waals surface area contributed by atoms with Gasteiger partial charge in [-0.3, -0.25) is 0 Å². The molecular weight excluding hydrogens is 469 g/mol. The third-order valence-corrected chi connectivity index (χ3v) is 7.24. The average molecular weight is 506 g/mol. The van der Waals surface area contributed by atoms with Crippen molar-refractivity contribution in [3.05, 3.63) is 35.5 Å². The molecule has 1 atom stereocenters. The standard InChI is InChI=1S/C26H37ClFN5O2/c1-17(16-34-2)32-20-3-5-21(6-4-20)33-25-12-22(23(28)15-30-25)19-11-24(26(27)31-14-19)29-13-18-7-9-35-10-8-18/h11-12,14-15,17-18,20-21,29,32H,3-10,13,16H2,1-2H3,(H,30,33). The molecule has 1 saturated carbocycles. The van der Waals surface area contributed by atoms with Crippen LogP contribution in [0.4, 0.5) is 15.9 Å². The van der Waals surface area contributed by atoms with Gasteiger partial charge in [0.1, 0.15) is 11.6 Å². The van der Waals surface area contributed by atoms with E-state index in [0.717, 1.165) is 64.0 Å². The van der Waals surface area contributed by atoms with E-state index in [1.807, 2.05) is 6.07 Å². The van der Waals surface area contributed by atoms with E-state index in [2.05, 4.69) is 32.8 Å². The van der Waals surface area contributed by atoms with Gasteiger partial charge in [-0.2, -0.15) is 0 Å². The molecule has 0 spiro atoms. The highest BCUT2D eigenvalue weighted by atomic mass is 35.5. The number of halogens is 2. The Morgan fingerprint density at radius 3 is 2.57 bits per heavy atom. The quantitative estimate of drug-likeness (QED) is 0.386. The Bertz CT molecular complexity index is 951. The van der Waals surface area contributed by atoms with E-state index in [9.17, 15) is 4.39 Å². The number of anilines is 2. The molecule has 0 aromatic carbocycles. The zero-order valence-corrected chi connectivity index (χ0v) is 21.4. The van der Waals surface area contributed by atoms with Crippen molar-refractivity contribution in [1.29, 1.82) is 0 Å². The number of hydrogen-bond acceptors (Lipinski definition) is 7. The fourth-order valence-corrected chi connectivity index (χ4v) is 5.15. The molecule has 1 saturated heterocycles. The molecule has 1 aliphatic heterocycles. The Hall–Kier alpha value is -2.00. The van der Waals surface area contributed by atoms with Gasteiger partial charge in [-0.05, 0) is 63.5 Å². The van der Waals surface area contributed by atoms with E-state index in [-0.39, 0.29) is 5.82 Å². The molecule has 0 radical (unpaired) electrons. The van der Waals surface area contributed by atoms with Crippen LogP contribution in [0.3, 0.4) is 0 Å². The highest BCUT2D eigenvalue weighted by Gasteiger charge is 2.23. The van der Waals surface area contributed by atoms with E-state index in [1.54, 1.807) is 19.4 Å². The monoisotopic (exact) mass is 505 g/mol. The SMILES string of the molecule is COCC(C)NC1CCC(Nc2cc(-c3cnc(Cl)c(NCC4CCOCC4)c3)c(F)cn2)CC1. The van der Waals surface area contributed by atoms with Crippen LogP contribution < -0.4 is 16.0 Å². The van der Waals surface area contributed by atoms with Crippen LogP contribution in [-0.2, 0) is 9.47 Å². The minimum atomic E-state index is -0.380. The van der Waals surface area contributed by atoms with Gasteiger partial charge in [-0.1, -0.05) is 11.6 Å². The van der Waals surface area contributed by atoms with Gasteiger partial charge in [-0.25, -0.2) is 14.4 Å². The third-order valence-electron chi connectivity index (χ3n) is 6.94. The molecule has 7 nitrogen and oxygen atoms in total. The highest BCUT2D eigenvalue weighted by molar-refractivity contribution is 6.32. The van der Waals surface area contributed by atoms with Crippen molar-refractivity contribution >= 4 is 23.1 Å². The maximum Gasteiger partial charge on any atom is 0.152 e. The second-order valence-electron chi connectivity index (χ2n) is 9.76. The van der Waals surface area contributed by atoms with Gasteiger partial charge in [0, 0.05) is 62.3 Å². The topological polar surface area (TPSA) is 80.3 Å². The van der Waals surface area contributed by atoms with Crippen LogP contribution in [0.25, 0.3) is 11.1 Å². The number of nitrogens with zero attached hydrogens (tertiary/aromatic N) is 2. The van der Waals surface area contributed by atoms with Crippen LogP contribution in [0.15, 0.2) is 24.5 Å². The molecule has 192 valence electrons. The van der Waals surface area contributed by atoms with Crippen LogP contribution in [-0.4, -0.2) is 61.6 Å². The Labute approximate surface area is 212 Å². The summed E-state index contributed by atoms with van der Waals surface area (Å²) in [4.78, 5) is 8.60. The van der Waals surface area contributed by atoms with Gasteiger partial charge in [0.2, 0.25) is 0 Å². The average Bonchev–Trinajstić information content (AvgIpc) is 2.87. The molecule has 2 aromatic heterocycles. The molecule has 2 aromatic rings. The second-order valence-corrected chi connectivity index (χ2v) is 10.1. The first-order chi connectivity index (χ1) is 17.0. The third kappa shape index (κ3) is 7.49. The largest absolute Gasteiger partial charge is 0.383 e. The number of ether oxygens (including phenoxy) is 2. The summed E-state index contributed by atoms with van der Waals surface area (Å²) in [6, 6.07) is 4.81. The first-order valence-corrected chi connectivity index (χ1v) is 13.0. The van der Waals surface area contributed by atoms with E-state index >= 15 is 0 Å². The summed E-state index contributed by atoms with van der Waals surface area (Å²) < 4.78 is 25.4. The first-order valence-electron chi connectivity index (χ1n) is 12.7. The molecule has 0 amide bonds. The van der Waals surface area contributed by atoms with Crippen LogP contribution in [0, 0.1) is 11.7 Å². The summed E-state index contributed by atoms with van der Waals surface area (Å²) in [5.41, 5.74) is 1.85. The van der Waals surface area contributed by atoms with Gasteiger partial charge in [0.25, 0.3) is 0 Å². The van der Waals surface area contributed by atoms with Crippen molar-refractivity contribution in [1.82, 2.24) is 15.3 Å². The fraction of sp³-hybridized carbons (Fsp3) is 0.615. The molecular formula is C26H37ClFN5O2. The van der Waals surface area contributed by atoms with Crippen LogP contribution in [0.5, 0.6) is 0 Å². The van der Waals surface area contributed by atoms with E-state index < -0.39 is 0 Å². The summed E-state index contributed by atoms with van der Waals surface area (Å²) in [5.74, 6) is 0.831. The molecule has 2 aliphatic rings. The minimum absolute atomic E-state index is 0.316. The lowest BCUT2D eigenvalue weighted by Crippen LogP contribution is -2.42. The Kier molecular flexibility index (Phi) is 9.54. The molecule has 4 rings (SSSR count). The number of methoxy groups -OCH3 is 1. The zero-order valence-electron chi connectivity index (χ0n) is 20.7. The van der Waals surface area contributed by atoms with Gasteiger partial charge < -0.3 is 25.4 Å². The van der Waals surface area contributed by atoms with Crippen molar-refractivity contribution in [3.8, 4) is 11.1 Å². The summed E-state index contributed by atoms with van der Waals surface area (Å²) >= 11 is 6.33. The molecule has 1 unspecified atom stereocenters. The summed E-state index contributed by atoms with van der Waals surface area (Å²) in [6.07, 6.45) is 9.18. The van der Waals surface area contributed by atoms with Crippen molar-refractivity contribution in [2.45, 2.75) is 63.6 Å². The van der Waals surface area contributed by atoms with Gasteiger partial charge >= 0.3 is 0 Å². The molecule has 35 heavy (non-hydrogen) atoms. The lowest BCUT2D eigenvalue weighted by Gasteiger charge is -2.31. The predicted molar refractivity (Wildman–Crippen MR) is 139 cm³/mol. The summed E-state index contributed by atoms with van der Waals surface area (Å²) in [5, 5.41) is 10.9. The van der Waals surface area contributed by atoms with Crippen LogP contribution in [0.2, 0.25) is 5.15 Å². The van der Waals surface area contributed by atoms with E-state index in [4.69, 9.17) is 21.1 Å². The van der Waals surface area contributed by atoms with Crippen molar-refractivity contribution in [3.63, 3.8) is 0 Å². The van der Waals surface area contributed by atoms with E-state index in [1.165, 1.54) is 6.20 Å². The van der Waals surface area contributed by atoms with Crippen molar-refractivity contribution in [2.24, 2.45) is 5.92 Å². The van der Waals surface area contributed by atoms with Crippen LogP contribution >= 0.6 is 11.6 Å². The lowest BCUT2D eigenvalue weighted by molar-refractivity contribution is 0.0699. The number of rotatable bonds is 10. The molecule has 2 fully saturated rings. The highest BCUT2D eigenvalue weighted by Crippen LogP contribution is 2.31. The van der Waals surface area contributed by atoms with Gasteiger partial charge in [0.15, 0.2) is 5.15 Å². The Morgan fingerprint density at radius 2 is 1.83 bits per heavy atom. The first kappa shape index (κ1) is 26.1. The zero-order chi connectivity index (χ0) is 24.6. The maximum absolute atomic E-state index is 14.8. The number of aromatic nitrogens is 2. The molecule has 0 bridgehead atoms. The Balaban J connectivity index is 1.37. The normalized spacial score (nSPS) is 22.1. The summed E-state index contributed by atoms with van der Waals surface area (Å²) in [7, 11) is 1.73. The number of hydrogen-bond donors (Lipinski definition) is 3. The fourth-order valence-electron chi connectivity index (χ4n) is 4.98. The molecule has 1 aliphatic carbocycles. The van der Waals surface area contributed by atoms with Gasteiger partial charge in [0.05, 0.1) is 18.5 Å². The number of nitrogens with one attached hydrogen (secondary N) is 3. The molecule has 9 heteroatoms. The Morgan fingerprint density at radius 1 is 1.09 bits per heavy atom. The predicted octanol–water partition coefficient (Wildman–Crippen LogP) is 5.12. The smallest absolute Gasteiger partial charge is 0.152 e. The van der Waals surface area contributed by atoms with Crippen molar-refractivity contribution in [2.75, 3.05) is 44.1 Å². The van der Waals surface area contributed by atoms with Crippen LogP contribution in [0.1, 0.15) is 45.4 Å². The second kappa shape index (κ2) is 12.8. The minimum Gasteiger partial charge on any atom is -0.383 e.